The summed E-state index contributed by atoms with van der Waals surface area (Å²) < 4.78 is 14.5. The van der Waals surface area contributed by atoms with Gasteiger partial charge < -0.3 is 5.32 Å². The van der Waals surface area contributed by atoms with Gasteiger partial charge in [-0.1, -0.05) is 30.3 Å². The largest absolute Gasteiger partial charge is 0.346 e. The number of nitrogens with one attached hydrogen (secondary N) is 2. The Morgan fingerprint density at radius 3 is 2.81 bits per heavy atom. The molecule has 1 aliphatic heterocycles. The Bertz CT molecular complexity index is 914. The highest BCUT2D eigenvalue weighted by molar-refractivity contribution is 5.98. The molecule has 1 fully saturated rings. The van der Waals surface area contributed by atoms with Crippen LogP contribution in [0.2, 0.25) is 0 Å². The van der Waals surface area contributed by atoms with Crippen LogP contribution in [0.4, 0.5) is 4.39 Å². The van der Waals surface area contributed by atoms with E-state index < -0.39 is 5.54 Å². The molecule has 0 spiro atoms. The Morgan fingerprint density at radius 2 is 2.12 bits per heavy atom. The molecule has 0 aromatic heterocycles. The van der Waals surface area contributed by atoms with Crippen LogP contribution >= 0.6 is 0 Å². The molecule has 2 aromatic carbocycles. The third kappa shape index (κ3) is 3.16. The Hall–Kier alpha value is -3.20. The summed E-state index contributed by atoms with van der Waals surface area (Å²) in [6, 6.07) is 14.0. The third-order valence-corrected chi connectivity index (χ3v) is 4.73. The van der Waals surface area contributed by atoms with Crippen LogP contribution in [0, 0.1) is 22.6 Å². The van der Waals surface area contributed by atoms with Crippen molar-refractivity contribution in [1.29, 1.82) is 10.7 Å². The molecule has 5 nitrogen and oxygen atoms in total. The number of guanidine groups is 1. The maximum absolute atomic E-state index is 14.5. The molecule has 0 unspecified atom stereocenters. The minimum absolute atomic E-state index is 0.0191. The van der Waals surface area contributed by atoms with Gasteiger partial charge in [0.2, 0.25) is 5.91 Å². The molecule has 0 bridgehead atoms. The fourth-order valence-corrected chi connectivity index (χ4v) is 3.14. The molecule has 1 atom stereocenters. The molecule has 1 heterocycles. The van der Waals surface area contributed by atoms with Crippen molar-refractivity contribution in [2.24, 2.45) is 0 Å². The van der Waals surface area contributed by atoms with Crippen molar-refractivity contribution in [3.8, 4) is 17.2 Å². The zero-order valence-corrected chi connectivity index (χ0v) is 14.6. The molecule has 1 saturated heterocycles. The van der Waals surface area contributed by atoms with Gasteiger partial charge in [-0.05, 0) is 35.7 Å². The fourth-order valence-electron chi connectivity index (χ4n) is 3.14. The zero-order chi connectivity index (χ0) is 18.9. The van der Waals surface area contributed by atoms with Gasteiger partial charge in [-0.15, -0.1) is 0 Å². The number of halogens is 1. The molecule has 2 N–H and O–H groups in total. The van der Waals surface area contributed by atoms with Crippen molar-refractivity contribution in [3.05, 3.63) is 59.4 Å². The summed E-state index contributed by atoms with van der Waals surface area (Å²) in [7, 11) is 1.55. The topological polar surface area (TPSA) is 80.0 Å². The van der Waals surface area contributed by atoms with Gasteiger partial charge in [0.25, 0.3) is 0 Å². The summed E-state index contributed by atoms with van der Waals surface area (Å²) in [6.07, 6.45) is 0.428. The molecule has 1 aliphatic rings. The average Bonchev–Trinajstić information content (AvgIpc) is 2.60. The van der Waals surface area contributed by atoms with Crippen LogP contribution in [0.3, 0.4) is 0 Å². The number of amides is 1. The Labute approximate surface area is 151 Å². The molecule has 0 radical (unpaired) electrons. The van der Waals surface area contributed by atoms with Crippen LogP contribution in [0.25, 0.3) is 11.1 Å². The predicted octanol–water partition coefficient (Wildman–Crippen LogP) is 3.16. The number of nitriles is 1. The lowest BCUT2D eigenvalue weighted by atomic mass is 9.85. The van der Waals surface area contributed by atoms with Crippen molar-refractivity contribution >= 4 is 11.9 Å². The summed E-state index contributed by atoms with van der Waals surface area (Å²) in [6.45, 7) is 1.83. The normalized spacial score (nSPS) is 19.8. The molecule has 132 valence electrons. The summed E-state index contributed by atoms with van der Waals surface area (Å²) in [5.74, 6) is -0.524. The molecule has 0 aliphatic carbocycles. The monoisotopic (exact) mass is 350 g/mol. The van der Waals surface area contributed by atoms with Gasteiger partial charge in [0, 0.05) is 12.6 Å². The van der Waals surface area contributed by atoms with E-state index in [2.05, 4.69) is 11.4 Å². The van der Waals surface area contributed by atoms with Crippen LogP contribution in [0.1, 0.15) is 24.5 Å². The lowest BCUT2D eigenvalue weighted by Gasteiger charge is -2.39. The van der Waals surface area contributed by atoms with Gasteiger partial charge in [0.05, 0.1) is 24.4 Å². The maximum Gasteiger partial charge on any atom is 0.231 e. The standard InChI is InChI=1S/C20H19FN4O/c1-20(12-18(26)25(2)19(23)24-20)15-6-7-17(21)16(11-15)14-5-3-4-13(10-14)8-9-22/h3-7,10-11H,8,12H2,1-2H3,(H2,23,24)/t20-/m0/s1. The first-order chi connectivity index (χ1) is 12.3. The van der Waals surface area contributed by atoms with Crippen LogP contribution in [0.15, 0.2) is 42.5 Å². The quantitative estimate of drug-likeness (QED) is 0.892. The molecule has 6 heteroatoms. The van der Waals surface area contributed by atoms with Crippen molar-refractivity contribution in [2.75, 3.05) is 7.05 Å². The number of rotatable bonds is 3. The number of hydrogen-bond acceptors (Lipinski definition) is 3. The van der Waals surface area contributed by atoms with Crippen LogP contribution in [0.5, 0.6) is 0 Å². The van der Waals surface area contributed by atoms with Crippen LogP contribution in [-0.4, -0.2) is 23.8 Å². The summed E-state index contributed by atoms with van der Waals surface area (Å²) in [5.41, 5.74) is 1.84. The van der Waals surface area contributed by atoms with Crippen molar-refractivity contribution in [3.63, 3.8) is 0 Å². The minimum atomic E-state index is -0.784. The minimum Gasteiger partial charge on any atom is -0.346 e. The highest BCUT2D eigenvalue weighted by Crippen LogP contribution is 2.33. The lowest BCUT2D eigenvalue weighted by Crippen LogP contribution is -2.58. The summed E-state index contributed by atoms with van der Waals surface area (Å²) >= 11 is 0. The average molecular weight is 350 g/mol. The third-order valence-electron chi connectivity index (χ3n) is 4.73. The summed E-state index contributed by atoms with van der Waals surface area (Å²) in [5, 5.41) is 19.9. The van der Waals surface area contributed by atoms with E-state index in [1.165, 1.54) is 11.0 Å². The second kappa shape index (κ2) is 6.60. The number of hydrogen-bond donors (Lipinski definition) is 2. The van der Waals surface area contributed by atoms with Gasteiger partial charge in [-0.25, -0.2) is 4.39 Å². The van der Waals surface area contributed by atoms with E-state index >= 15 is 0 Å². The highest BCUT2D eigenvalue weighted by atomic mass is 19.1. The first kappa shape index (κ1) is 17.6. The van der Waals surface area contributed by atoms with Crippen LogP contribution in [-0.2, 0) is 16.8 Å². The predicted molar refractivity (Wildman–Crippen MR) is 96.8 cm³/mol. The molecule has 0 saturated carbocycles. The molecule has 26 heavy (non-hydrogen) atoms. The maximum atomic E-state index is 14.5. The van der Waals surface area contributed by atoms with Gasteiger partial charge in [0.15, 0.2) is 5.96 Å². The van der Waals surface area contributed by atoms with E-state index in [1.54, 1.807) is 37.4 Å². The van der Waals surface area contributed by atoms with E-state index in [1.807, 2.05) is 13.0 Å². The second-order valence-electron chi connectivity index (χ2n) is 6.67. The van der Waals surface area contributed by atoms with Gasteiger partial charge in [-0.3, -0.25) is 15.1 Å². The van der Waals surface area contributed by atoms with E-state index in [0.29, 0.717) is 11.1 Å². The van der Waals surface area contributed by atoms with E-state index in [4.69, 9.17) is 10.7 Å². The van der Waals surface area contributed by atoms with Gasteiger partial charge >= 0.3 is 0 Å². The zero-order valence-electron chi connectivity index (χ0n) is 14.6. The molecular formula is C20H19FN4O. The second-order valence-corrected chi connectivity index (χ2v) is 6.67. The van der Waals surface area contributed by atoms with E-state index in [9.17, 15) is 9.18 Å². The Balaban J connectivity index is 2.03. The number of benzene rings is 2. The van der Waals surface area contributed by atoms with Crippen molar-refractivity contribution in [1.82, 2.24) is 10.2 Å². The van der Waals surface area contributed by atoms with E-state index in [0.717, 1.165) is 11.1 Å². The molecule has 1 amide bonds. The number of carbonyl (C=O) groups excluding carboxylic acids is 1. The SMILES string of the molecule is CN1C(=N)N[C@](C)(c2ccc(F)c(-c3cccc(CC#N)c3)c2)CC1=O. The van der Waals surface area contributed by atoms with Gasteiger partial charge in [-0.2, -0.15) is 5.26 Å². The Kier molecular flexibility index (Phi) is 4.47. The highest BCUT2D eigenvalue weighted by Gasteiger charge is 2.38. The number of nitrogens with zero attached hydrogens (tertiary/aromatic N) is 2. The molecule has 2 aromatic rings. The lowest BCUT2D eigenvalue weighted by molar-refractivity contribution is -0.129. The van der Waals surface area contributed by atoms with Crippen LogP contribution < -0.4 is 5.32 Å². The molecule has 3 rings (SSSR count). The molecular weight excluding hydrogens is 331 g/mol. The fraction of sp³-hybridized carbons (Fsp3) is 0.250. The Morgan fingerprint density at radius 1 is 1.35 bits per heavy atom. The van der Waals surface area contributed by atoms with Gasteiger partial charge in [0.1, 0.15) is 5.82 Å². The number of carbonyl (C=O) groups is 1. The van der Waals surface area contributed by atoms with E-state index in [-0.39, 0.29) is 30.5 Å². The summed E-state index contributed by atoms with van der Waals surface area (Å²) in [4.78, 5) is 13.4. The van der Waals surface area contributed by atoms with Crippen molar-refractivity contribution < 1.29 is 9.18 Å². The first-order valence-corrected chi connectivity index (χ1v) is 8.23. The first-order valence-electron chi connectivity index (χ1n) is 8.23. The van der Waals surface area contributed by atoms with Crippen molar-refractivity contribution in [2.45, 2.75) is 25.3 Å². The smallest absolute Gasteiger partial charge is 0.231 e.